The second-order valence-electron chi connectivity index (χ2n) is 5.90. The number of amides is 2. The lowest BCUT2D eigenvalue weighted by molar-refractivity contribution is -0.152. The van der Waals surface area contributed by atoms with Gasteiger partial charge in [0.2, 0.25) is 11.8 Å². The number of carbonyl (C=O) groups is 2. The molecule has 0 spiro atoms. The third kappa shape index (κ3) is 2.96. The van der Waals surface area contributed by atoms with Crippen molar-refractivity contribution in [3.8, 4) is 0 Å². The maximum absolute atomic E-state index is 12.3. The predicted octanol–water partition coefficient (Wildman–Crippen LogP) is -0.215. The van der Waals surface area contributed by atoms with E-state index in [2.05, 4.69) is 13.8 Å². The predicted molar refractivity (Wildman–Crippen MR) is 75.3 cm³/mol. The summed E-state index contributed by atoms with van der Waals surface area (Å²) < 4.78 is 5.58. The summed E-state index contributed by atoms with van der Waals surface area (Å²) in [6, 6.07) is 0.364. The second kappa shape index (κ2) is 6.10. The molecule has 0 aromatic heterocycles. The molecule has 0 unspecified atom stereocenters. The molecule has 2 rings (SSSR count). The fourth-order valence-electron chi connectivity index (χ4n) is 2.78. The van der Waals surface area contributed by atoms with Gasteiger partial charge in [-0.15, -0.1) is 0 Å². The molecule has 2 aliphatic heterocycles. The van der Waals surface area contributed by atoms with Crippen LogP contribution < -0.4 is 0 Å². The van der Waals surface area contributed by atoms with Crippen LogP contribution in [-0.2, 0) is 14.3 Å². The third-order valence-corrected chi connectivity index (χ3v) is 4.34. The van der Waals surface area contributed by atoms with Gasteiger partial charge in [0.25, 0.3) is 0 Å². The average molecular weight is 283 g/mol. The smallest absolute Gasteiger partial charge is 0.248 e. The standard InChI is InChI=1S/C14H25N3O3/c1-5-17-11-6-16(7-12(11)20-9-14(17)19)13(18)8-15(4)10(2)3/h10-12H,5-9H2,1-4H3/t11-,12-/m1/s1. The van der Waals surface area contributed by atoms with Crippen LogP contribution in [0.4, 0.5) is 0 Å². The van der Waals surface area contributed by atoms with E-state index in [1.165, 1.54) is 0 Å². The van der Waals surface area contributed by atoms with E-state index in [1.54, 1.807) is 0 Å². The summed E-state index contributed by atoms with van der Waals surface area (Å²) in [5, 5.41) is 0. The maximum Gasteiger partial charge on any atom is 0.248 e. The van der Waals surface area contributed by atoms with Gasteiger partial charge in [-0.05, 0) is 27.8 Å². The van der Waals surface area contributed by atoms with Crippen LogP contribution in [0.1, 0.15) is 20.8 Å². The Morgan fingerprint density at radius 3 is 2.75 bits per heavy atom. The molecule has 114 valence electrons. The molecule has 2 saturated heterocycles. The van der Waals surface area contributed by atoms with E-state index in [4.69, 9.17) is 4.74 Å². The Morgan fingerprint density at radius 2 is 2.15 bits per heavy atom. The van der Waals surface area contributed by atoms with Gasteiger partial charge < -0.3 is 14.5 Å². The minimum atomic E-state index is -0.0269. The molecule has 2 heterocycles. The first-order valence-corrected chi connectivity index (χ1v) is 7.33. The molecular formula is C14H25N3O3. The quantitative estimate of drug-likeness (QED) is 0.716. The average Bonchev–Trinajstić information content (AvgIpc) is 2.82. The molecule has 0 saturated carbocycles. The first-order valence-electron chi connectivity index (χ1n) is 7.33. The van der Waals surface area contributed by atoms with Crippen LogP contribution >= 0.6 is 0 Å². The minimum absolute atomic E-state index is 0.0227. The van der Waals surface area contributed by atoms with Crippen molar-refractivity contribution in [2.24, 2.45) is 0 Å². The largest absolute Gasteiger partial charge is 0.364 e. The number of likely N-dealkylation sites (tertiary alicyclic amines) is 1. The molecule has 0 bridgehead atoms. The van der Waals surface area contributed by atoms with Crippen molar-refractivity contribution in [1.82, 2.24) is 14.7 Å². The topological polar surface area (TPSA) is 53.1 Å². The molecule has 6 nitrogen and oxygen atoms in total. The van der Waals surface area contributed by atoms with Gasteiger partial charge >= 0.3 is 0 Å². The van der Waals surface area contributed by atoms with Crippen LogP contribution in [0.3, 0.4) is 0 Å². The fraction of sp³-hybridized carbons (Fsp3) is 0.857. The van der Waals surface area contributed by atoms with Crippen molar-refractivity contribution >= 4 is 11.8 Å². The molecule has 0 N–H and O–H groups in total. The minimum Gasteiger partial charge on any atom is -0.364 e. The van der Waals surface area contributed by atoms with Gasteiger partial charge in [-0.1, -0.05) is 0 Å². The Balaban J connectivity index is 1.97. The molecular weight excluding hydrogens is 258 g/mol. The van der Waals surface area contributed by atoms with Crippen molar-refractivity contribution < 1.29 is 14.3 Å². The molecule has 0 aliphatic carbocycles. The number of morpholine rings is 1. The fourth-order valence-corrected chi connectivity index (χ4v) is 2.78. The lowest BCUT2D eigenvalue weighted by atomic mass is 10.1. The highest BCUT2D eigenvalue weighted by Gasteiger charge is 2.43. The Labute approximate surface area is 120 Å². The maximum atomic E-state index is 12.3. The Kier molecular flexibility index (Phi) is 4.65. The number of hydrogen-bond donors (Lipinski definition) is 0. The SMILES string of the molecule is CCN1C(=O)CO[C@@H]2CN(C(=O)CN(C)C(C)C)C[C@H]21. The van der Waals surface area contributed by atoms with Crippen molar-refractivity contribution in [3.05, 3.63) is 0 Å². The lowest BCUT2D eigenvalue weighted by Crippen LogP contribution is -2.53. The molecule has 6 heteroatoms. The van der Waals surface area contributed by atoms with Crippen molar-refractivity contribution in [2.75, 3.05) is 39.8 Å². The number of carbonyl (C=O) groups excluding carboxylic acids is 2. The second-order valence-corrected chi connectivity index (χ2v) is 5.90. The Bertz CT molecular complexity index is 386. The highest BCUT2D eigenvalue weighted by atomic mass is 16.5. The molecule has 2 aliphatic rings. The number of rotatable bonds is 4. The zero-order valence-electron chi connectivity index (χ0n) is 12.8. The molecule has 2 amide bonds. The summed E-state index contributed by atoms with van der Waals surface area (Å²) in [4.78, 5) is 29.8. The molecule has 0 aromatic carbocycles. The van der Waals surface area contributed by atoms with Crippen molar-refractivity contribution in [3.63, 3.8) is 0 Å². The van der Waals surface area contributed by atoms with Gasteiger partial charge in [-0.25, -0.2) is 0 Å². The van der Waals surface area contributed by atoms with E-state index in [0.29, 0.717) is 32.2 Å². The van der Waals surface area contributed by atoms with Gasteiger partial charge in [-0.3, -0.25) is 14.5 Å². The van der Waals surface area contributed by atoms with Crippen LogP contribution in [0.5, 0.6) is 0 Å². The monoisotopic (exact) mass is 283 g/mol. The number of ether oxygens (including phenoxy) is 1. The van der Waals surface area contributed by atoms with Crippen LogP contribution in [0.15, 0.2) is 0 Å². The van der Waals surface area contributed by atoms with Gasteiger partial charge in [0.15, 0.2) is 0 Å². The van der Waals surface area contributed by atoms with Crippen LogP contribution in [0.2, 0.25) is 0 Å². The summed E-state index contributed by atoms with van der Waals surface area (Å²) in [6.45, 7) is 8.53. The summed E-state index contributed by atoms with van der Waals surface area (Å²) in [7, 11) is 1.95. The molecule has 2 atom stereocenters. The normalized spacial score (nSPS) is 26.6. The van der Waals surface area contributed by atoms with E-state index >= 15 is 0 Å². The first kappa shape index (κ1) is 15.3. The van der Waals surface area contributed by atoms with Crippen molar-refractivity contribution in [1.29, 1.82) is 0 Å². The molecule has 2 fully saturated rings. The molecule has 0 radical (unpaired) electrons. The zero-order valence-corrected chi connectivity index (χ0v) is 12.8. The molecule has 0 aromatic rings. The van der Waals surface area contributed by atoms with Gasteiger partial charge in [0.1, 0.15) is 6.61 Å². The summed E-state index contributed by atoms with van der Waals surface area (Å²) in [5.41, 5.74) is 0. The highest BCUT2D eigenvalue weighted by Crippen LogP contribution is 2.23. The lowest BCUT2D eigenvalue weighted by Gasteiger charge is -2.35. The third-order valence-electron chi connectivity index (χ3n) is 4.34. The summed E-state index contributed by atoms with van der Waals surface area (Å²) in [5.74, 6) is 0.144. The van der Waals surface area contributed by atoms with Crippen LogP contribution in [-0.4, -0.2) is 84.5 Å². The van der Waals surface area contributed by atoms with E-state index in [9.17, 15) is 9.59 Å². The van der Waals surface area contributed by atoms with E-state index in [-0.39, 0.29) is 30.6 Å². The van der Waals surface area contributed by atoms with E-state index in [1.807, 2.05) is 28.7 Å². The van der Waals surface area contributed by atoms with Gasteiger partial charge in [0.05, 0.1) is 18.7 Å². The van der Waals surface area contributed by atoms with Crippen LogP contribution in [0.25, 0.3) is 0 Å². The van der Waals surface area contributed by atoms with E-state index < -0.39 is 0 Å². The van der Waals surface area contributed by atoms with Crippen molar-refractivity contribution in [2.45, 2.75) is 39.0 Å². The molecule has 20 heavy (non-hydrogen) atoms. The van der Waals surface area contributed by atoms with E-state index in [0.717, 1.165) is 0 Å². The first-order chi connectivity index (χ1) is 9.43. The van der Waals surface area contributed by atoms with Gasteiger partial charge in [-0.2, -0.15) is 0 Å². The highest BCUT2D eigenvalue weighted by molar-refractivity contribution is 5.81. The Morgan fingerprint density at radius 1 is 1.45 bits per heavy atom. The van der Waals surface area contributed by atoms with Gasteiger partial charge in [0, 0.05) is 25.7 Å². The summed E-state index contributed by atoms with van der Waals surface area (Å²) in [6.07, 6.45) is -0.0269. The number of hydrogen-bond acceptors (Lipinski definition) is 4. The Hall–Kier alpha value is -1.14. The zero-order chi connectivity index (χ0) is 14.9. The number of likely N-dealkylation sites (N-methyl/N-ethyl adjacent to an activating group) is 2. The summed E-state index contributed by atoms with van der Waals surface area (Å²) >= 11 is 0. The number of fused-ring (bicyclic) bond motifs is 1. The van der Waals surface area contributed by atoms with Crippen LogP contribution in [0, 0.1) is 0 Å². The number of nitrogens with zero attached hydrogens (tertiary/aromatic N) is 3.